The molecule has 3 heteroatoms. The number of nitrogens with one attached hydrogen (secondary N) is 2. The minimum atomic E-state index is 0.417. The highest BCUT2D eigenvalue weighted by Crippen LogP contribution is 2.23. The maximum atomic E-state index is 5.97. The van der Waals surface area contributed by atoms with Gasteiger partial charge < -0.3 is 15.4 Å². The molecule has 0 fully saturated rings. The fourth-order valence-electron chi connectivity index (χ4n) is 3.52. The topological polar surface area (TPSA) is 33.3 Å². The molecule has 0 radical (unpaired) electrons. The molecule has 2 aliphatic rings. The summed E-state index contributed by atoms with van der Waals surface area (Å²) in [6.45, 7) is 3.79. The molecule has 0 bridgehead atoms. The maximum Gasteiger partial charge on any atom is 0.122 e. The molecule has 0 saturated carbocycles. The average Bonchev–Trinajstić information content (AvgIpc) is 2.82. The van der Waals surface area contributed by atoms with Crippen molar-refractivity contribution in [3.8, 4) is 5.75 Å². The number of benzene rings is 2. The van der Waals surface area contributed by atoms with Crippen molar-refractivity contribution in [1.29, 1.82) is 0 Å². The van der Waals surface area contributed by atoms with E-state index in [1.807, 2.05) is 0 Å². The first-order chi connectivity index (χ1) is 11.4. The van der Waals surface area contributed by atoms with Gasteiger partial charge in [0.2, 0.25) is 0 Å². The Balaban J connectivity index is 1.36. The van der Waals surface area contributed by atoms with Gasteiger partial charge in [-0.2, -0.15) is 0 Å². The van der Waals surface area contributed by atoms with Crippen molar-refractivity contribution in [2.45, 2.75) is 38.4 Å². The summed E-state index contributed by atoms with van der Waals surface area (Å²) in [5.74, 6) is 1.05. The summed E-state index contributed by atoms with van der Waals surface area (Å²) in [6, 6.07) is 15.7. The van der Waals surface area contributed by atoms with Gasteiger partial charge in [0.15, 0.2) is 0 Å². The van der Waals surface area contributed by atoms with Crippen LogP contribution in [0.15, 0.2) is 42.5 Å². The number of para-hydroxylation sites is 1. The van der Waals surface area contributed by atoms with E-state index in [-0.39, 0.29) is 0 Å². The standard InChI is InChI=1S/C20H24N2O/c1-2-4-20-16(3-1)7-8-19(14-23-20)22-12-15-5-6-18-13-21-10-9-17(18)11-15/h1-6,11,19,21-22H,7-10,12-14H2. The van der Waals surface area contributed by atoms with E-state index in [4.69, 9.17) is 4.74 Å². The Morgan fingerprint density at radius 1 is 1.04 bits per heavy atom. The van der Waals surface area contributed by atoms with E-state index in [0.717, 1.165) is 51.3 Å². The number of fused-ring (bicyclic) bond motifs is 2. The molecule has 23 heavy (non-hydrogen) atoms. The van der Waals surface area contributed by atoms with Crippen LogP contribution in [-0.4, -0.2) is 19.2 Å². The van der Waals surface area contributed by atoms with Gasteiger partial charge in [0.1, 0.15) is 12.4 Å². The fraction of sp³-hybridized carbons (Fsp3) is 0.400. The molecule has 3 nitrogen and oxygen atoms in total. The minimum Gasteiger partial charge on any atom is -0.492 e. The fourth-order valence-corrected chi connectivity index (χ4v) is 3.52. The van der Waals surface area contributed by atoms with Crippen molar-refractivity contribution in [2.75, 3.05) is 13.2 Å². The molecule has 2 aromatic rings. The number of rotatable bonds is 3. The van der Waals surface area contributed by atoms with E-state index in [1.165, 1.54) is 22.3 Å². The maximum absolute atomic E-state index is 5.97. The van der Waals surface area contributed by atoms with Crippen LogP contribution in [0.4, 0.5) is 0 Å². The molecular formula is C20H24N2O. The van der Waals surface area contributed by atoms with Crippen LogP contribution < -0.4 is 15.4 Å². The molecule has 0 saturated heterocycles. The van der Waals surface area contributed by atoms with Gasteiger partial charge in [0.05, 0.1) is 0 Å². The smallest absolute Gasteiger partial charge is 0.122 e. The van der Waals surface area contributed by atoms with Crippen LogP contribution in [0.2, 0.25) is 0 Å². The van der Waals surface area contributed by atoms with Crippen LogP contribution in [0.3, 0.4) is 0 Å². The van der Waals surface area contributed by atoms with E-state index in [1.54, 1.807) is 0 Å². The lowest BCUT2D eigenvalue weighted by Crippen LogP contribution is -2.33. The summed E-state index contributed by atoms with van der Waals surface area (Å²) in [4.78, 5) is 0. The van der Waals surface area contributed by atoms with Crippen LogP contribution >= 0.6 is 0 Å². The van der Waals surface area contributed by atoms with E-state index in [9.17, 15) is 0 Å². The summed E-state index contributed by atoms with van der Waals surface area (Å²) in [5.41, 5.74) is 5.67. The largest absolute Gasteiger partial charge is 0.492 e. The molecule has 1 atom stereocenters. The monoisotopic (exact) mass is 308 g/mol. The van der Waals surface area contributed by atoms with Gasteiger partial charge >= 0.3 is 0 Å². The van der Waals surface area contributed by atoms with Gasteiger partial charge in [-0.05, 0) is 54.1 Å². The molecule has 0 aliphatic carbocycles. The lowest BCUT2D eigenvalue weighted by Gasteiger charge is -2.19. The molecule has 2 heterocycles. The van der Waals surface area contributed by atoms with Crippen LogP contribution in [0, 0.1) is 0 Å². The van der Waals surface area contributed by atoms with Crippen LogP contribution in [0.25, 0.3) is 0 Å². The Morgan fingerprint density at radius 3 is 3.00 bits per heavy atom. The third-order valence-corrected chi connectivity index (χ3v) is 4.93. The Kier molecular flexibility index (Phi) is 4.31. The van der Waals surface area contributed by atoms with E-state index in [0.29, 0.717) is 6.04 Å². The third-order valence-electron chi connectivity index (χ3n) is 4.93. The van der Waals surface area contributed by atoms with Crippen molar-refractivity contribution < 1.29 is 4.74 Å². The SMILES string of the molecule is c1ccc2c(c1)CCC(NCc1ccc3c(c1)CCNC3)CO2. The van der Waals surface area contributed by atoms with Gasteiger partial charge in [0, 0.05) is 19.1 Å². The third kappa shape index (κ3) is 3.41. The van der Waals surface area contributed by atoms with Gasteiger partial charge in [-0.25, -0.2) is 0 Å². The van der Waals surface area contributed by atoms with Crippen LogP contribution in [0.1, 0.15) is 28.7 Å². The number of ether oxygens (including phenoxy) is 1. The predicted molar refractivity (Wildman–Crippen MR) is 92.7 cm³/mol. The molecular weight excluding hydrogens is 284 g/mol. The zero-order chi connectivity index (χ0) is 15.5. The van der Waals surface area contributed by atoms with E-state index >= 15 is 0 Å². The molecule has 0 spiro atoms. The molecule has 2 aromatic carbocycles. The summed E-state index contributed by atoms with van der Waals surface area (Å²) >= 11 is 0. The molecule has 2 aliphatic heterocycles. The van der Waals surface area contributed by atoms with E-state index < -0.39 is 0 Å². The average molecular weight is 308 g/mol. The Labute approximate surface area is 138 Å². The number of hydrogen-bond acceptors (Lipinski definition) is 3. The van der Waals surface area contributed by atoms with Crippen molar-refractivity contribution in [1.82, 2.24) is 10.6 Å². The quantitative estimate of drug-likeness (QED) is 0.915. The second-order valence-corrected chi connectivity index (χ2v) is 6.57. The first kappa shape index (κ1) is 14.7. The van der Waals surface area contributed by atoms with E-state index in [2.05, 4.69) is 53.1 Å². The zero-order valence-electron chi connectivity index (χ0n) is 13.5. The molecule has 0 amide bonds. The Hall–Kier alpha value is -1.84. The summed E-state index contributed by atoms with van der Waals surface area (Å²) < 4.78 is 5.97. The second kappa shape index (κ2) is 6.73. The normalized spacial score (nSPS) is 20.1. The summed E-state index contributed by atoms with van der Waals surface area (Å²) in [6.07, 6.45) is 3.36. The predicted octanol–water partition coefficient (Wildman–Crippen LogP) is 2.82. The first-order valence-corrected chi connectivity index (χ1v) is 8.64. The van der Waals surface area contributed by atoms with Gasteiger partial charge in [-0.1, -0.05) is 36.4 Å². The van der Waals surface area contributed by atoms with Crippen molar-refractivity contribution >= 4 is 0 Å². The van der Waals surface area contributed by atoms with Crippen molar-refractivity contribution in [2.24, 2.45) is 0 Å². The number of aryl methyl sites for hydroxylation is 1. The summed E-state index contributed by atoms with van der Waals surface area (Å²) in [5, 5.41) is 7.11. The molecule has 120 valence electrons. The molecule has 0 aromatic heterocycles. The van der Waals surface area contributed by atoms with Gasteiger partial charge in [-0.15, -0.1) is 0 Å². The molecule has 4 rings (SSSR count). The highest BCUT2D eigenvalue weighted by molar-refractivity contribution is 5.35. The van der Waals surface area contributed by atoms with Crippen LogP contribution in [0.5, 0.6) is 5.75 Å². The molecule has 1 unspecified atom stereocenters. The Bertz CT molecular complexity index is 656. The van der Waals surface area contributed by atoms with Crippen molar-refractivity contribution in [3.05, 3.63) is 64.7 Å². The highest BCUT2D eigenvalue weighted by atomic mass is 16.5. The minimum absolute atomic E-state index is 0.417. The lowest BCUT2D eigenvalue weighted by molar-refractivity contribution is 0.267. The zero-order valence-corrected chi connectivity index (χ0v) is 13.5. The van der Waals surface area contributed by atoms with Gasteiger partial charge in [-0.3, -0.25) is 0 Å². The van der Waals surface area contributed by atoms with Gasteiger partial charge in [0.25, 0.3) is 0 Å². The Morgan fingerprint density at radius 2 is 2.00 bits per heavy atom. The number of hydrogen-bond donors (Lipinski definition) is 2. The lowest BCUT2D eigenvalue weighted by atomic mass is 9.98. The second-order valence-electron chi connectivity index (χ2n) is 6.57. The highest BCUT2D eigenvalue weighted by Gasteiger charge is 2.16. The summed E-state index contributed by atoms with van der Waals surface area (Å²) in [7, 11) is 0. The first-order valence-electron chi connectivity index (χ1n) is 8.64. The molecule has 2 N–H and O–H groups in total. The van der Waals surface area contributed by atoms with Crippen molar-refractivity contribution in [3.63, 3.8) is 0 Å². The van der Waals surface area contributed by atoms with Crippen LogP contribution in [-0.2, 0) is 25.9 Å².